The van der Waals surface area contributed by atoms with Crippen molar-refractivity contribution in [2.75, 3.05) is 24.3 Å². The predicted octanol–water partition coefficient (Wildman–Crippen LogP) is 0.376. The van der Waals surface area contributed by atoms with E-state index in [1.165, 1.54) is 11.6 Å². The van der Waals surface area contributed by atoms with Crippen molar-refractivity contribution in [2.24, 2.45) is 13.0 Å². The molecule has 0 bridgehead atoms. The zero-order valence-corrected chi connectivity index (χ0v) is 12.9. The molecule has 1 atom stereocenters. The van der Waals surface area contributed by atoms with Crippen LogP contribution in [0.25, 0.3) is 0 Å². The quantitative estimate of drug-likeness (QED) is 0.838. The third-order valence-electron chi connectivity index (χ3n) is 3.64. The molecule has 1 unspecified atom stereocenters. The van der Waals surface area contributed by atoms with Gasteiger partial charge in [0.05, 0.1) is 6.61 Å². The fourth-order valence-electron chi connectivity index (χ4n) is 2.52. The van der Waals surface area contributed by atoms with Gasteiger partial charge >= 0.3 is 5.69 Å². The molecule has 1 fully saturated rings. The highest BCUT2D eigenvalue weighted by Gasteiger charge is 2.20. The van der Waals surface area contributed by atoms with Crippen LogP contribution in [0.15, 0.2) is 9.59 Å². The van der Waals surface area contributed by atoms with E-state index in [2.05, 4.69) is 5.32 Å². The average Bonchev–Trinajstić information content (AvgIpc) is 2.47. The highest BCUT2D eigenvalue weighted by atomic mass is 16.5. The van der Waals surface area contributed by atoms with E-state index in [0.717, 1.165) is 24.0 Å². The minimum atomic E-state index is -0.386. The van der Waals surface area contributed by atoms with Gasteiger partial charge in [-0.05, 0) is 18.8 Å². The molecule has 0 amide bonds. The van der Waals surface area contributed by atoms with Crippen LogP contribution in [0.2, 0.25) is 0 Å². The van der Waals surface area contributed by atoms with E-state index >= 15 is 0 Å². The Morgan fingerprint density at radius 1 is 1.43 bits per heavy atom. The van der Waals surface area contributed by atoms with Gasteiger partial charge < -0.3 is 15.8 Å². The summed E-state index contributed by atoms with van der Waals surface area (Å²) in [6.07, 6.45) is 1.87. The van der Waals surface area contributed by atoms with Crippen molar-refractivity contribution >= 4 is 11.5 Å². The number of nitrogens with two attached hydrogens (primary N) is 1. The van der Waals surface area contributed by atoms with Crippen LogP contribution in [0, 0.1) is 5.92 Å². The van der Waals surface area contributed by atoms with E-state index in [1.807, 2.05) is 13.8 Å². The Bertz CT molecular complexity index is 612. The fourth-order valence-corrected chi connectivity index (χ4v) is 2.52. The molecule has 1 saturated heterocycles. The van der Waals surface area contributed by atoms with Gasteiger partial charge in [-0.1, -0.05) is 13.8 Å². The summed E-state index contributed by atoms with van der Waals surface area (Å²) >= 11 is 0. The zero-order valence-electron chi connectivity index (χ0n) is 12.9. The molecule has 0 spiro atoms. The lowest BCUT2D eigenvalue weighted by molar-refractivity contribution is 0.0875. The Kier molecular flexibility index (Phi) is 4.72. The van der Waals surface area contributed by atoms with Crippen molar-refractivity contribution in [1.82, 2.24) is 9.13 Å². The van der Waals surface area contributed by atoms with E-state index in [1.54, 1.807) is 0 Å². The summed E-state index contributed by atoms with van der Waals surface area (Å²) in [5.74, 6) is 0.468. The molecule has 1 aromatic rings. The molecule has 7 heteroatoms. The molecule has 0 saturated carbocycles. The molecule has 7 nitrogen and oxygen atoms in total. The van der Waals surface area contributed by atoms with Crippen LogP contribution in [-0.2, 0) is 18.3 Å². The molecule has 118 valence electrons. The molecule has 1 aliphatic heterocycles. The van der Waals surface area contributed by atoms with Crippen LogP contribution in [0.5, 0.6) is 0 Å². The third-order valence-corrected chi connectivity index (χ3v) is 3.64. The summed E-state index contributed by atoms with van der Waals surface area (Å²) in [5.41, 5.74) is 5.60. The van der Waals surface area contributed by atoms with E-state index in [4.69, 9.17) is 10.5 Å². The Morgan fingerprint density at radius 3 is 2.71 bits per heavy atom. The monoisotopic (exact) mass is 296 g/mol. The van der Waals surface area contributed by atoms with Gasteiger partial charge in [0.25, 0.3) is 5.56 Å². The molecule has 0 aliphatic carbocycles. The minimum Gasteiger partial charge on any atom is -0.383 e. The number of nitrogens with one attached hydrogen (secondary N) is 1. The van der Waals surface area contributed by atoms with Crippen LogP contribution in [0.1, 0.15) is 26.7 Å². The molecular formula is C14H24N4O3. The number of anilines is 2. The highest BCUT2D eigenvalue weighted by molar-refractivity contribution is 5.61. The Hall–Kier alpha value is -1.76. The normalized spacial score (nSPS) is 19.0. The lowest BCUT2D eigenvalue weighted by atomic mass is 10.1. The van der Waals surface area contributed by atoms with Crippen molar-refractivity contribution in [1.29, 1.82) is 0 Å². The van der Waals surface area contributed by atoms with Gasteiger partial charge in [0, 0.05) is 26.2 Å². The predicted molar refractivity (Wildman–Crippen MR) is 82.7 cm³/mol. The molecular weight excluding hydrogens is 272 g/mol. The lowest BCUT2D eigenvalue weighted by Gasteiger charge is -2.25. The lowest BCUT2D eigenvalue weighted by Crippen LogP contribution is -2.43. The Balaban J connectivity index is 2.42. The van der Waals surface area contributed by atoms with Gasteiger partial charge in [-0.25, -0.2) is 4.79 Å². The van der Waals surface area contributed by atoms with Crippen LogP contribution >= 0.6 is 0 Å². The molecule has 2 heterocycles. The summed E-state index contributed by atoms with van der Waals surface area (Å²) in [7, 11) is 1.48. The van der Waals surface area contributed by atoms with Crippen LogP contribution in [0.4, 0.5) is 11.5 Å². The van der Waals surface area contributed by atoms with Crippen molar-refractivity contribution in [3.05, 3.63) is 20.8 Å². The number of nitrogen functional groups attached to an aromatic ring is 1. The second-order valence-electron chi connectivity index (χ2n) is 5.97. The van der Waals surface area contributed by atoms with Crippen LogP contribution in [0.3, 0.4) is 0 Å². The number of hydrogen-bond donors (Lipinski definition) is 2. The highest BCUT2D eigenvalue weighted by Crippen LogP contribution is 2.17. The summed E-state index contributed by atoms with van der Waals surface area (Å²) in [5, 5.41) is 3.16. The topological polar surface area (TPSA) is 91.3 Å². The summed E-state index contributed by atoms with van der Waals surface area (Å²) < 4.78 is 7.96. The maximum atomic E-state index is 12.3. The first-order chi connectivity index (χ1) is 9.91. The Morgan fingerprint density at radius 2 is 2.14 bits per heavy atom. The van der Waals surface area contributed by atoms with E-state index in [0.29, 0.717) is 18.8 Å². The number of rotatable bonds is 4. The van der Waals surface area contributed by atoms with Crippen molar-refractivity contribution in [3.63, 3.8) is 0 Å². The molecule has 1 aromatic heterocycles. The molecule has 2 rings (SSSR count). The van der Waals surface area contributed by atoms with E-state index in [9.17, 15) is 9.59 Å². The molecule has 21 heavy (non-hydrogen) atoms. The van der Waals surface area contributed by atoms with Crippen LogP contribution < -0.4 is 22.3 Å². The number of aromatic nitrogens is 2. The molecule has 0 radical (unpaired) electrons. The first-order valence-corrected chi connectivity index (χ1v) is 7.35. The zero-order chi connectivity index (χ0) is 15.6. The third kappa shape index (κ3) is 3.29. The first-order valence-electron chi connectivity index (χ1n) is 7.35. The van der Waals surface area contributed by atoms with E-state index in [-0.39, 0.29) is 29.0 Å². The number of hydrogen-bond acceptors (Lipinski definition) is 5. The minimum absolute atomic E-state index is 0.0544. The second kappa shape index (κ2) is 6.34. The second-order valence-corrected chi connectivity index (χ2v) is 5.97. The SMILES string of the molecule is CC(C)Cn1c(N)c(NC2CCCOC2)c(=O)n(C)c1=O. The summed E-state index contributed by atoms with van der Waals surface area (Å²) in [6.45, 7) is 5.77. The van der Waals surface area contributed by atoms with Gasteiger partial charge in [0.2, 0.25) is 0 Å². The summed E-state index contributed by atoms with van der Waals surface area (Å²) in [6, 6.07) is 0.0544. The van der Waals surface area contributed by atoms with Gasteiger partial charge in [-0.15, -0.1) is 0 Å². The first kappa shape index (κ1) is 15.6. The average molecular weight is 296 g/mol. The largest absolute Gasteiger partial charge is 0.383 e. The van der Waals surface area contributed by atoms with Crippen molar-refractivity contribution < 1.29 is 4.74 Å². The summed E-state index contributed by atoms with van der Waals surface area (Å²) in [4.78, 5) is 24.5. The van der Waals surface area contributed by atoms with E-state index < -0.39 is 0 Å². The number of ether oxygens (including phenoxy) is 1. The molecule has 1 aliphatic rings. The van der Waals surface area contributed by atoms with Crippen molar-refractivity contribution in [2.45, 2.75) is 39.3 Å². The molecule has 0 aromatic carbocycles. The maximum absolute atomic E-state index is 12.3. The smallest absolute Gasteiger partial charge is 0.332 e. The van der Waals surface area contributed by atoms with Gasteiger partial charge in [0.15, 0.2) is 0 Å². The maximum Gasteiger partial charge on any atom is 0.332 e. The Labute approximate surface area is 123 Å². The fraction of sp³-hybridized carbons (Fsp3) is 0.714. The van der Waals surface area contributed by atoms with Gasteiger partial charge in [-0.3, -0.25) is 13.9 Å². The van der Waals surface area contributed by atoms with Crippen LogP contribution in [-0.4, -0.2) is 28.4 Å². The molecule has 3 N–H and O–H groups in total. The van der Waals surface area contributed by atoms with Gasteiger partial charge in [0.1, 0.15) is 11.5 Å². The van der Waals surface area contributed by atoms with Crippen molar-refractivity contribution in [3.8, 4) is 0 Å². The standard InChI is InChI=1S/C14H24N4O3/c1-9(2)7-18-12(15)11(13(19)17(3)14(18)20)16-10-5-4-6-21-8-10/h9-10,16H,4-8,15H2,1-3H3. The van der Waals surface area contributed by atoms with Gasteiger partial charge in [-0.2, -0.15) is 0 Å². The number of nitrogens with zero attached hydrogens (tertiary/aromatic N) is 2.